The molecule has 1 unspecified atom stereocenters. The first kappa shape index (κ1) is 19.0. The van der Waals surface area contributed by atoms with E-state index < -0.39 is 17.2 Å². The Morgan fingerprint density at radius 3 is 2.58 bits per heavy atom. The van der Waals surface area contributed by atoms with E-state index in [1.807, 2.05) is 32.6 Å². The molecule has 0 aliphatic carbocycles. The molecule has 0 saturated carbocycles. The first-order chi connectivity index (χ1) is 11.0. The average molecular weight is 377 g/mol. The van der Waals surface area contributed by atoms with Gasteiger partial charge in [-0.15, -0.1) is 0 Å². The number of aliphatic hydroxyl groups excluding tert-OH is 1. The van der Waals surface area contributed by atoms with Gasteiger partial charge in [0.1, 0.15) is 16.6 Å². The fourth-order valence-corrected chi connectivity index (χ4v) is 2.99. The highest BCUT2D eigenvalue weighted by atomic mass is 35.5. The van der Waals surface area contributed by atoms with Crippen molar-refractivity contribution in [3.05, 3.63) is 16.5 Å². The fourth-order valence-electron chi connectivity index (χ4n) is 2.59. The number of aromatic nitrogens is 2. The number of rotatable bonds is 2. The number of halogens is 2. The Hall–Kier alpha value is -1.31. The van der Waals surface area contributed by atoms with Crippen LogP contribution in [0.15, 0.2) is 6.07 Å². The first-order valence-corrected chi connectivity index (χ1v) is 8.36. The van der Waals surface area contributed by atoms with Crippen molar-refractivity contribution in [2.45, 2.75) is 38.8 Å². The number of nitrogens with zero attached hydrogens (tertiary/aromatic N) is 4. The third-order valence-electron chi connectivity index (χ3n) is 3.70. The molecule has 0 aromatic carbocycles. The van der Waals surface area contributed by atoms with Crippen molar-refractivity contribution >= 4 is 35.1 Å². The summed E-state index contributed by atoms with van der Waals surface area (Å²) in [5, 5.41) is 10.2. The van der Waals surface area contributed by atoms with Gasteiger partial charge in [0.25, 0.3) is 0 Å². The van der Waals surface area contributed by atoms with Crippen molar-refractivity contribution in [1.29, 1.82) is 0 Å². The monoisotopic (exact) mass is 376 g/mol. The zero-order valence-corrected chi connectivity index (χ0v) is 15.7. The average Bonchev–Trinajstić information content (AvgIpc) is 2.44. The largest absolute Gasteiger partial charge is 0.444 e. The molecule has 1 saturated heterocycles. The third-order valence-corrected chi connectivity index (χ3v) is 4.06. The topological polar surface area (TPSA) is 78.8 Å². The van der Waals surface area contributed by atoms with Gasteiger partial charge in [-0.2, -0.15) is 0 Å². The number of ether oxygens (including phenoxy) is 1. The van der Waals surface area contributed by atoms with Gasteiger partial charge < -0.3 is 19.6 Å². The van der Waals surface area contributed by atoms with Crippen molar-refractivity contribution in [2.75, 3.05) is 31.1 Å². The Kier molecular flexibility index (Phi) is 5.47. The normalized spacial score (nSPS) is 21.8. The van der Waals surface area contributed by atoms with Gasteiger partial charge in [0.2, 0.25) is 5.28 Å². The van der Waals surface area contributed by atoms with Gasteiger partial charge in [-0.1, -0.05) is 11.6 Å². The van der Waals surface area contributed by atoms with E-state index in [4.69, 9.17) is 27.9 Å². The number of hydrogen-bond donors (Lipinski definition) is 1. The summed E-state index contributed by atoms with van der Waals surface area (Å²) in [5.74, 6) is 0.514. The van der Waals surface area contributed by atoms with Gasteiger partial charge in [-0.25, -0.2) is 14.8 Å². The van der Waals surface area contributed by atoms with Crippen LogP contribution in [0.5, 0.6) is 0 Å². The number of carbonyl (C=O) groups excluding carboxylic acids is 1. The van der Waals surface area contributed by atoms with Crippen molar-refractivity contribution in [3.63, 3.8) is 0 Å². The standard InChI is InChI=1S/C15H22Cl2N4O3/c1-14(2,3)24-13(23)20-5-6-21(15(4,8-20)9-22)11-7-10(16)18-12(17)19-11/h7,22H,5-6,8-9H2,1-4H3. The minimum atomic E-state index is -0.740. The van der Waals surface area contributed by atoms with E-state index in [0.717, 1.165) is 0 Å². The van der Waals surface area contributed by atoms with Gasteiger partial charge in [-0.05, 0) is 39.3 Å². The van der Waals surface area contributed by atoms with Crippen LogP contribution in [0.2, 0.25) is 10.4 Å². The third kappa shape index (κ3) is 4.40. The van der Waals surface area contributed by atoms with Gasteiger partial charge in [0.05, 0.1) is 12.1 Å². The molecule has 1 fully saturated rings. The SMILES string of the molecule is CC(C)(C)OC(=O)N1CCN(c2cc(Cl)nc(Cl)n2)C(C)(CO)C1. The molecule has 1 N–H and O–H groups in total. The highest BCUT2D eigenvalue weighted by Crippen LogP contribution is 2.29. The highest BCUT2D eigenvalue weighted by molar-refractivity contribution is 6.32. The van der Waals surface area contributed by atoms with E-state index in [-0.39, 0.29) is 23.6 Å². The van der Waals surface area contributed by atoms with Crippen LogP contribution in [0.3, 0.4) is 0 Å². The lowest BCUT2D eigenvalue weighted by Crippen LogP contribution is -2.64. The molecule has 2 rings (SSSR count). The molecule has 1 atom stereocenters. The Morgan fingerprint density at radius 2 is 2.04 bits per heavy atom. The molecule has 0 bridgehead atoms. The van der Waals surface area contributed by atoms with Gasteiger partial charge in [0.15, 0.2) is 0 Å². The Morgan fingerprint density at radius 1 is 1.38 bits per heavy atom. The zero-order valence-electron chi connectivity index (χ0n) is 14.2. The molecule has 134 valence electrons. The molecule has 0 radical (unpaired) electrons. The van der Waals surface area contributed by atoms with Crippen LogP contribution in [0.4, 0.5) is 10.6 Å². The molecular weight excluding hydrogens is 355 g/mol. The Labute approximate surface area is 151 Å². The maximum absolute atomic E-state index is 12.3. The minimum absolute atomic E-state index is 0.0346. The van der Waals surface area contributed by atoms with Crippen molar-refractivity contribution in [3.8, 4) is 0 Å². The maximum atomic E-state index is 12.3. The molecule has 24 heavy (non-hydrogen) atoms. The van der Waals surface area contributed by atoms with Gasteiger partial charge in [0, 0.05) is 25.7 Å². The summed E-state index contributed by atoms with van der Waals surface area (Å²) >= 11 is 11.8. The predicted octanol–water partition coefficient (Wildman–Crippen LogP) is 2.59. The van der Waals surface area contributed by atoms with Crippen LogP contribution in [0, 0.1) is 0 Å². The van der Waals surface area contributed by atoms with E-state index in [0.29, 0.717) is 18.9 Å². The van der Waals surface area contributed by atoms with E-state index in [1.54, 1.807) is 11.0 Å². The summed E-state index contributed by atoms with van der Waals surface area (Å²) in [6.45, 7) is 8.30. The van der Waals surface area contributed by atoms with Gasteiger partial charge >= 0.3 is 6.09 Å². The summed E-state index contributed by atoms with van der Waals surface area (Å²) in [6, 6.07) is 1.59. The second-order valence-corrected chi connectivity index (χ2v) is 7.75. The fraction of sp³-hybridized carbons (Fsp3) is 0.667. The number of amides is 1. The zero-order chi connectivity index (χ0) is 18.1. The van der Waals surface area contributed by atoms with Crippen LogP contribution in [-0.4, -0.2) is 63.4 Å². The summed E-state index contributed by atoms with van der Waals surface area (Å²) in [5.41, 5.74) is -1.31. The molecule has 1 aromatic rings. The Bertz CT molecular complexity index is 603. The van der Waals surface area contributed by atoms with Crippen LogP contribution >= 0.6 is 23.2 Å². The van der Waals surface area contributed by atoms with Gasteiger partial charge in [-0.3, -0.25) is 0 Å². The van der Waals surface area contributed by atoms with Crippen molar-refractivity contribution in [1.82, 2.24) is 14.9 Å². The number of anilines is 1. The second-order valence-electron chi connectivity index (χ2n) is 7.03. The molecule has 9 heteroatoms. The Balaban J connectivity index is 2.22. The summed E-state index contributed by atoms with van der Waals surface area (Å²) in [6.07, 6.45) is -0.402. The van der Waals surface area contributed by atoms with Crippen LogP contribution in [0.1, 0.15) is 27.7 Å². The molecule has 1 aromatic heterocycles. The summed E-state index contributed by atoms with van der Waals surface area (Å²) in [7, 11) is 0. The summed E-state index contributed by atoms with van der Waals surface area (Å²) < 4.78 is 5.41. The minimum Gasteiger partial charge on any atom is -0.444 e. The quantitative estimate of drug-likeness (QED) is 0.631. The van der Waals surface area contributed by atoms with E-state index in [2.05, 4.69) is 9.97 Å². The van der Waals surface area contributed by atoms with Crippen molar-refractivity contribution < 1.29 is 14.6 Å². The van der Waals surface area contributed by atoms with Crippen LogP contribution in [-0.2, 0) is 4.74 Å². The lowest BCUT2D eigenvalue weighted by Gasteiger charge is -2.48. The second kappa shape index (κ2) is 6.90. The molecule has 1 aliphatic rings. The number of aliphatic hydroxyl groups is 1. The number of hydrogen-bond acceptors (Lipinski definition) is 6. The molecular formula is C15H22Cl2N4O3. The smallest absolute Gasteiger partial charge is 0.410 e. The van der Waals surface area contributed by atoms with Crippen LogP contribution < -0.4 is 4.90 Å². The maximum Gasteiger partial charge on any atom is 0.410 e. The predicted molar refractivity (Wildman–Crippen MR) is 92.7 cm³/mol. The van der Waals surface area contributed by atoms with E-state index in [9.17, 15) is 9.90 Å². The van der Waals surface area contributed by atoms with E-state index in [1.165, 1.54) is 0 Å². The summed E-state index contributed by atoms with van der Waals surface area (Å²) in [4.78, 5) is 23.8. The lowest BCUT2D eigenvalue weighted by molar-refractivity contribution is 0.0130. The lowest BCUT2D eigenvalue weighted by atomic mass is 9.97. The van der Waals surface area contributed by atoms with Crippen molar-refractivity contribution in [2.24, 2.45) is 0 Å². The molecule has 1 aliphatic heterocycles. The highest BCUT2D eigenvalue weighted by Gasteiger charge is 2.41. The van der Waals surface area contributed by atoms with E-state index >= 15 is 0 Å². The number of carbonyl (C=O) groups is 1. The molecule has 1 amide bonds. The molecule has 2 heterocycles. The molecule has 0 spiro atoms. The van der Waals surface area contributed by atoms with Crippen LogP contribution in [0.25, 0.3) is 0 Å². The first-order valence-electron chi connectivity index (χ1n) is 7.60. The number of piperazine rings is 1. The molecule has 7 nitrogen and oxygen atoms in total.